The smallest absolute Gasteiger partial charge is 0.324 e. The summed E-state index contributed by atoms with van der Waals surface area (Å²) in [7, 11) is 0. The summed E-state index contributed by atoms with van der Waals surface area (Å²) >= 11 is 0. The van der Waals surface area contributed by atoms with Gasteiger partial charge in [-0.2, -0.15) is 5.12 Å². The van der Waals surface area contributed by atoms with Crippen molar-refractivity contribution in [2.75, 3.05) is 13.1 Å². The fourth-order valence-corrected chi connectivity index (χ4v) is 3.46. The molecular formula is C14H22N4O7. The van der Waals surface area contributed by atoms with Gasteiger partial charge in [-0.3, -0.25) is 19.2 Å². The minimum absolute atomic E-state index is 0.252. The minimum atomic E-state index is -1.46. The van der Waals surface area contributed by atoms with Crippen molar-refractivity contribution in [1.29, 1.82) is 0 Å². The number of amides is 1. The molecule has 11 nitrogen and oxygen atoms in total. The van der Waals surface area contributed by atoms with Crippen molar-refractivity contribution < 1.29 is 34.5 Å². The van der Waals surface area contributed by atoms with Gasteiger partial charge in [-0.15, -0.1) is 0 Å². The Bertz CT molecular complexity index is 537. The maximum Gasteiger partial charge on any atom is 0.324 e. The average molecular weight is 358 g/mol. The van der Waals surface area contributed by atoms with Gasteiger partial charge >= 0.3 is 17.9 Å². The van der Waals surface area contributed by atoms with Gasteiger partial charge in [0.15, 0.2) is 0 Å². The highest BCUT2D eigenvalue weighted by molar-refractivity contribution is 5.83. The molecule has 0 radical (unpaired) electrons. The molecule has 2 rings (SSSR count). The van der Waals surface area contributed by atoms with Crippen molar-refractivity contribution in [3.8, 4) is 0 Å². The number of hydrazine groups is 2. The highest BCUT2D eigenvalue weighted by atomic mass is 16.4. The SMILES string of the molecule is NC(=O)C[C@@H](C(=O)O)N(N1CCC[C@H]1C(=O)O)N1CCC[C@H]1C(=O)O. The molecule has 1 amide bonds. The molecular weight excluding hydrogens is 336 g/mol. The number of rotatable bonds is 8. The monoisotopic (exact) mass is 358 g/mol. The Morgan fingerprint density at radius 2 is 1.40 bits per heavy atom. The van der Waals surface area contributed by atoms with E-state index in [1.807, 2.05) is 0 Å². The lowest BCUT2D eigenvalue weighted by Crippen LogP contribution is -2.64. The van der Waals surface area contributed by atoms with Crippen molar-refractivity contribution in [3.05, 3.63) is 0 Å². The van der Waals surface area contributed by atoms with Gasteiger partial charge in [0.2, 0.25) is 5.91 Å². The van der Waals surface area contributed by atoms with Gasteiger partial charge in [0.25, 0.3) is 0 Å². The molecule has 11 heteroatoms. The molecule has 0 unspecified atom stereocenters. The van der Waals surface area contributed by atoms with Crippen LogP contribution in [0.3, 0.4) is 0 Å². The zero-order valence-corrected chi connectivity index (χ0v) is 13.6. The van der Waals surface area contributed by atoms with Crippen LogP contribution in [0.2, 0.25) is 0 Å². The van der Waals surface area contributed by atoms with E-state index in [9.17, 15) is 34.5 Å². The number of carboxylic acids is 3. The maximum atomic E-state index is 11.7. The second kappa shape index (κ2) is 7.76. The third-order valence-electron chi connectivity index (χ3n) is 4.50. The average Bonchev–Trinajstić information content (AvgIpc) is 3.15. The Labute approximate surface area is 143 Å². The van der Waals surface area contributed by atoms with Gasteiger partial charge in [-0.1, -0.05) is 0 Å². The van der Waals surface area contributed by atoms with Crippen LogP contribution in [0.5, 0.6) is 0 Å². The molecule has 2 saturated heterocycles. The molecule has 2 heterocycles. The van der Waals surface area contributed by atoms with E-state index >= 15 is 0 Å². The van der Waals surface area contributed by atoms with E-state index in [1.54, 1.807) is 0 Å². The Balaban J connectivity index is 2.42. The highest BCUT2D eigenvalue weighted by Gasteiger charge is 2.47. The van der Waals surface area contributed by atoms with E-state index in [-0.39, 0.29) is 13.1 Å². The molecule has 25 heavy (non-hydrogen) atoms. The topological polar surface area (TPSA) is 165 Å². The number of hydrogen-bond donors (Lipinski definition) is 4. The van der Waals surface area contributed by atoms with Gasteiger partial charge in [-0.05, 0) is 25.7 Å². The van der Waals surface area contributed by atoms with Crippen LogP contribution in [0.1, 0.15) is 32.1 Å². The fraction of sp³-hybridized carbons (Fsp3) is 0.714. The molecule has 0 aromatic heterocycles. The third kappa shape index (κ3) is 4.06. The van der Waals surface area contributed by atoms with E-state index in [0.717, 1.165) is 5.12 Å². The zero-order chi connectivity index (χ0) is 18.7. The molecule has 0 spiro atoms. The Morgan fingerprint density at radius 3 is 1.72 bits per heavy atom. The van der Waals surface area contributed by atoms with Crippen molar-refractivity contribution in [1.82, 2.24) is 15.1 Å². The molecule has 3 atom stereocenters. The number of primary amides is 1. The van der Waals surface area contributed by atoms with Crippen LogP contribution in [-0.2, 0) is 19.2 Å². The molecule has 2 aliphatic heterocycles. The predicted molar refractivity (Wildman–Crippen MR) is 81.8 cm³/mol. The van der Waals surface area contributed by atoms with Crippen molar-refractivity contribution in [2.45, 2.75) is 50.2 Å². The molecule has 0 saturated carbocycles. The first-order chi connectivity index (χ1) is 11.7. The van der Waals surface area contributed by atoms with E-state index < -0.39 is 48.4 Å². The van der Waals surface area contributed by atoms with Crippen LogP contribution in [0.25, 0.3) is 0 Å². The van der Waals surface area contributed by atoms with Crippen LogP contribution in [0.4, 0.5) is 0 Å². The number of nitrogens with two attached hydrogens (primary N) is 1. The van der Waals surface area contributed by atoms with Gasteiger partial charge in [0.1, 0.15) is 18.1 Å². The molecule has 0 bridgehead atoms. The Hall–Kier alpha value is -2.24. The first kappa shape index (κ1) is 19.1. The molecule has 0 aromatic carbocycles. The number of carbonyl (C=O) groups is 4. The van der Waals surface area contributed by atoms with Gasteiger partial charge < -0.3 is 21.1 Å². The molecule has 0 aromatic rings. The molecule has 140 valence electrons. The number of carboxylic acid groups (broad SMARTS) is 3. The third-order valence-corrected chi connectivity index (χ3v) is 4.50. The Kier molecular flexibility index (Phi) is 5.93. The summed E-state index contributed by atoms with van der Waals surface area (Å²) in [6, 6.07) is -3.42. The first-order valence-electron chi connectivity index (χ1n) is 8.03. The van der Waals surface area contributed by atoms with Gasteiger partial charge in [0, 0.05) is 13.1 Å². The van der Waals surface area contributed by atoms with Crippen molar-refractivity contribution in [3.63, 3.8) is 0 Å². The van der Waals surface area contributed by atoms with Crippen LogP contribution >= 0.6 is 0 Å². The van der Waals surface area contributed by atoms with E-state index in [0.29, 0.717) is 25.7 Å². The maximum absolute atomic E-state index is 11.7. The second-order valence-electron chi connectivity index (χ2n) is 6.16. The summed E-state index contributed by atoms with van der Waals surface area (Å²) in [6.45, 7) is 0.505. The lowest BCUT2D eigenvalue weighted by atomic mass is 10.2. The summed E-state index contributed by atoms with van der Waals surface area (Å²) in [4.78, 5) is 46.1. The summed E-state index contributed by atoms with van der Waals surface area (Å²) in [5, 5.41) is 32.2. The fourth-order valence-electron chi connectivity index (χ4n) is 3.46. The molecule has 2 aliphatic rings. The lowest BCUT2D eigenvalue weighted by molar-refractivity contribution is -0.233. The molecule has 0 aliphatic carbocycles. The minimum Gasteiger partial charge on any atom is -0.480 e. The number of carbonyl (C=O) groups excluding carboxylic acids is 1. The zero-order valence-electron chi connectivity index (χ0n) is 13.6. The van der Waals surface area contributed by atoms with Crippen LogP contribution in [0.15, 0.2) is 0 Å². The van der Waals surface area contributed by atoms with E-state index in [2.05, 4.69) is 0 Å². The lowest BCUT2D eigenvalue weighted by Gasteiger charge is -2.44. The first-order valence-corrected chi connectivity index (χ1v) is 8.03. The summed E-state index contributed by atoms with van der Waals surface area (Å²) in [5.41, 5.74) is 5.16. The summed E-state index contributed by atoms with van der Waals surface area (Å²) in [6.07, 6.45) is 1.09. The van der Waals surface area contributed by atoms with Gasteiger partial charge in [-0.25, -0.2) is 10.0 Å². The quantitative estimate of drug-likeness (QED) is 0.403. The number of hydrogen-bond acceptors (Lipinski definition) is 7. The van der Waals surface area contributed by atoms with Crippen LogP contribution in [0, 0.1) is 0 Å². The van der Waals surface area contributed by atoms with Crippen LogP contribution < -0.4 is 5.73 Å². The largest absolute Gasteiger partial charge is 0.480 e. The van der Waals surface area contributed by atoms with Gasteiger partial charge in [0.05, 0.1) is 6.42 Å². The standard InChI is InChI=1S/C14H22N4O7/c15-11(19)7-10(14(24)25)18(16-5-1-3-8(16)12(20)21)17-6-2-4-9(17)13(22)23/h8-10H,1-7H2,(H2,15,19)(H,20,21)(H,22,23)(H,24,25)/t8-,9-,10-/m0/s1. The van der Waals surface area contributed by atoms with Crippen LogP contribution in [-0.4, -0.2) is 85.5 Å². The Morgan fingerprint density at radius 1 is 0.960 bits per heavy atom. The molecule has 2 fully saturated rings. The van der Waals surface area contributed by atoms with Crippen molar-refractivity contribution in [2.24, 2.45) is 5.73 Å². The van der Waals surface area contributed by atoms with E-state index in [4.69, 9.17) is 5.73 Å². The van der Waals surface area contributed by atoms with E-state index in [1.165, 1.54) is 10.0 Å². The number of aliphatic carboxylic acids is 3. The second-order valence-corrected chi connectivity index (χ2v) is 6.16. The summed E-state index contributed by atoms with van der Waals surface area (Å²) in [5.74, 6) is -4.49. The van der Waals surface area contributed by atoms with Crippen molar-refractivity contribution >= 4 is 23.8 Å². The molecule has 5 N–H and O–H groups in total. The summed E-state index contributed by atoms with van der Waals surface area (Å²) < 4.78 is 0. The predicted octanol–water partition coefficient (Wildman–Crippen LogP) is -1.45. The highest BCUT2D eigenvalue weighted by Crippen LogP contribution is 2.29. The number of nitrogens with zero attached hydrogens (tertiary/aromatic N) is 3. The normalized spacial score (nSPS) is 26.0.